The summed E-state index contributed by atoms with van der Waals surface area (Å²) in [5, 5.41) is 0. The first-order chi connectivity index (χ1) is 16.1. The second kappa shape index (κ2) is 13.1. The van der Waals surface area contributed by atoms with Gasteiger partial charge in [-0.15, -0.1) is 0 Å². The number of unbranched alkanes of at least 4 members (excludes halogenated alkanes) is 3. The van der Waals surface area contributed by atoms with E-state index < -0.39 is 0 Å². The lowest BCUT2D eigenvalue weighted by Gasteiger charge is -2.09. The summed E-state index contributed by atoms with van der Waals surface area (Å²) in [7, 11) is 0. The standard InChI is InChI=1S/C28H34N2O3/c1-2-3-4-5-18-31-24-12-8-22(9-13-24)6-7-23-10-14-25(15-11-23)32-19-20-33-26-16-17-27(29)28(30)21-26/h6-17,21H,2-5,18-20,29-30H2,1H3. The van der Waals surface area contributed by atoms with E-state index in [0.29, 0.717) is 30.3 Å². The molecule has 33 heavy (non-hydrogen) atoms. The number of hydrogen-bond acceptors (Lipinski definition) is 5. The molecule has 0 spiro atoms. The van der Waals surface area contributed by atoms with Crippen molar-refractivity contribution in [2.24, 2.45) is 0 Å². The Morgan fingerprint density at radius 1 is 0.576 bits per heavy atom. The van der Waals surface area contributed by atoms with E-state index in [1.165, 1.54) is 19.3 Å². The number of nitrogen functional groups attached to an aromatic ring is 2. The van der Waals surface area contributed by atoms with Crippen molar-refractivity contribution in [3.63, 3.8) is 0 Å². The molecule has 0 aliphatic carbocycles. The topological polar surface area (TPSA) is 79.7 Å². The number of rotatable bonds is 13. The normalized spacial score (nSPS) is 10.9. The Balaban J connectivity index is 1.39. The summed E-state index contributed by atoms with van der Waals surface area (Å²) in [5.41, 5.74) is 14.8. The highest BCUT2D eigenvalue weighted by Crippen LogP contribution is 2.21. The van der Waals surface area contributed by atoms with Crippen molar-refractivity contribution in [1.29, 1.82) is 0 Å². The molecule has 0 fully saturated rings. The minimum absolute atomic E-state index is 0.420. The Bertz CT molecular complexity index is 999. The summed E-state index contributed by atoms with van der Waals surface area (Å²) in [6, 6.07) is 21.4. The largest absolute Gasteiger partial charge is 0.494 e. The lowest BCUT2D eigenvalue weighted by atomic mass is 10.1. The van der Waals surface area contributed by atoms with Gasteiger partial charge in [0.15, 0.2) is 0 Å². The summed E-state index contributed by atoms with van der Waals surface area (Å²) >= 11 is 0. The Morgan fingerprint density at radius 3 is 1.64 bits per heavy atom. The van der Waals surface area contributed by atoms with Gasteiger partial charge in [-0.25, -0.2) is 0 Å². The van der Waals surface area contributed by atoms with Gasteiger partial charge in [-0.3, -0.25) is 0 Å². The van der Waals surface area contributed by atoms with Crippen LogP contribution in [-0.2, 0) is 0 Å². The smallest absolute Gasteiger partial charge is 0.122 e. The van der Waals surface area contributed by atoms with Crippen LogP contribution in [0, 0.1) is 0 Å². The maximum atomic E-state index is 5.80. The monoisotopic (exact) mass is 446 g/mol. The molecule has 3 aromatic rings. The summed E-state index contributed by atoms with van der Waals surface area (Å²) in [6.07, 6.45) is 9.03. The lowest BCUT2D eigenvalue weighted by Crippen LogP contribution is -2.09. The van der Waals surface area contributed by atoms with E-state index in [1.807, 2.05) is 36.4 Å². The molecular weight excluding hydrogens is 412 g/mol. The number of anilines is 2. The van der Waals surface area contributed by atoms with E-state index in [2.05, 4.69) is 31.2 Å². The first-order valence-electron chi connectivity index (χ1n) is 11.6. The summed E-state index contributed by atoms with van der Waals surface area (Å²) in [5.74, 6) is 2.40. The van der Waals surface area contributed by atoms with Crippen LogP contribution in [0.2, 0.25) is 0 Å². The van der Waals surface area contributed by atoms with Crippen LogP contribution in [0.5, 0.6) is 17.2 Å². The molecule has 0 atom stereocenters. The second-order valence-electron chi connectivity index (χ2n) is 7.87. The molecule has 0 aromatic heterocycles. The van der Waals surface area contributed by atoms with Crippen LogP contribution in [-0.4, -0.2) is 19.8 Å². The summed E-state index contributed by atoms with van der Waals surface area (Å²) < 4.78 is 17.2. The maximum Gasteiger partial charge on any atom is 0.122 e. The van der Waals surface area contributed by atoms with Crippen molar-refractivity contribution in [2.45, 2.75) is 32.6 Å². The van der Waals surface area contributed by atoms with Gasteiger partial charge in [0.05, 0.1) is 18.0 Å². The van der Waals surface area contributed by atoms with Gasteiger partial charge in [-0.2, -0.15) is 0 Å². The molecule has 3 rings (SSSR count). The number of benzene rings is 3. The third-order valence-corrected chi connectivity index (χ3v) is 5.17. The summed E-state index contributed by atoms with van der Waals surface area (Å²) in [6.45, 7) is 3.86. The van der Waals surface area contributed by atoms with Crippen molar-refractivity contribution in [3.8, 4) is 17.2 Å². The zero-order chi connectivity index (χ0) is 23.3. The van der Waals surface area contributed by atoms with E-state index in [-0.39, 0.29) is 0 Å². The predicted octanol–water partition coefficient (Wildman–Crippen LogP) is 6.44. The second-order valence-corrected chi connectivity index (χ2v) is 7.87. The van der Waals surface area contributed by atoms with Crippen LogP contribution in [0.3, 0.4) is 0 Å². The van der Waals surface area contributed by atoms with E-state index in [1.54, 1.807) is 18.2 Å². The van der Waals surface area contributed by atoms with Crippen LogP contribution in [0.25, 0.3) is 12.2 Å². The average molecular weight is 447 g/mol. The first kappa shape index (κ1) is 24.1. The van der Waals surface area contributed by atoms with Crippen LogP contribution < -0.4 is 25.7 Å². The molecule has 0 radical (unpaired) electrons. The Morgan fingerprint density at radius 2 is 1.09 bits per heavy atom. The Kier molecular flexibility index (Phi) is 9.52. The minimum Gasteiger partial charge on any atom is -0.494 e. The molecule has 0 bridgehead atoms. The third-order valence-electron chi connectivity index (χ3n) is 5.17. The molecule has 0 saturated heterocycles. The van der Waals surface area contributed by atoms with Crippen molar-refractivity contribution in [1.82, 2.24) is 0 Å². The third kappa shape index (κ3) is 8.45. The van der Waals surface area contributed by atoms with Crippen LogP contribution in [0.1, 0.15) is 43.7 Å². The zero-order valence-corrected chi connectivity index (χ0v) is 19.3. The van der Waals surface area contributed by atoms with Gasteiger partial charge >= 0.3 is 0 Å². The molecule has 5 nitrogen and oxygen atoms in total. The molecular formula is C28H34N2O3. The Labute approximate surface area is 197 Å². The SMILES string of the molecule is CCCCCCOc1ccc(C=Cc2ccc(OCCOc3ccc(N)c(N)c3)cc2)cc1. The van der Waals surface area contributed by atoms with Gasteiger partial charge in [0, 0.05) is 6.07 Å². The van der Waals surface area contributed by atoms with Gasteiger partial charge in [0.1, 0.15) is 30.5 Å². The summed E-state index contributed by atoms with van der Waals surface area (Å²) in [4.78, 5) is 0. The van der Waals surface area contributed by atoms with Gasteiger partial charge in [0.25, 0.3) is 0 Å². The molecule has 0 heterocycles. The molecule has 0 aliphatic rings. The van der Waals surface area contributed by atoms with Crippen LogP contribution >= 0.6 is 0 Å². The molecule has 5 heteroatoms. The number of ether oxygens (including phenoxy) is 3. The van der Waals surface area contributed by atoms with E-state index in [4.69, 9.17) is 25.7 Å². The zero-order valence-electron chi connectivity index (χ0n) is 19.3. The molecule has 0 aliphatic heterocycles. The highest BCUT2D eigenvalue weighted by Gasteiger charge is 2.00. The average Bonchev–Trinajstić information content (AvgIpc) is 2.84. The van der Waals surface area contributed by atoms with E-state index in [0.717, 1.165) is 35.7 Å². The highest BCUT2D eigenvalue weighted by atomic mass is 16.5. The lowest BCUT2D eigenvalue weighted by molar-refractivity contribution is 0.217. The van der Waals surface area contributed by atoms with Gasteiger partial charge in [-0.1, -0.05) is 62.6 Å². The van der Waals surface area contributed by atoms with Crippen molar-refractivity contribution < 1.29 is 14.2 Å². The molecule has 0 unspecified atom stereocenters. The maximum absolute atomic E-state index is 5.80. The fraction of sp³-hybridized carbons (Fsp3) is 0.286. The molecule has 4 N–H and O–H groups in total. The number of hydrogen-bond donors (Lipinski definition) is 2. The fourth-order valence-corrected chi connectivity index (χ4v) is 3.22. The van der Waals surface area contributed by atoms with E-state index >= 15 is 0 Å². The number of nitrogens with two attached hydrogens (primary N) is 2. The van der Waals surface area contributed by atoms with E-state index in [9.17, 15) is 0 Å². The Hall–Kier alpha value is -3.60. The minimum atomic E-state index is 0.420. The molecule has 0 amide bonds. The van der Waals surface area contributed by atoms with Crippen LogP contribution in [0.15, 0.2) is 66.7 Å². The van der Waals surface area contributed by atoms with Gasteiger partial charge in [0.2, 0.25) is 0 Å². The first-order valence-corrected chi connectivity index (χ1v) is 11.6. The predicted molar refractivity (Wildman–Crippen MR) is 138 cm³/mol. The molecule has 3 aromatic carbocycles. The van der Waals surface area contributed by atoms with Crippen molar-refractivity contribution in [3.05, 3.63) is 77.9 Å². The van der Waals surface area contributed by atoms with Crippen LogP contribution in [0.4, 0.5) is 11.4 Å². The van der Waals surface area contributed by atoms with Gasteiger partial charge in [-0.05, 0) is 53.9 Å². The van der Waals surface area contributed by atoms with Crippen molar-refractivity contribution >= 4 is 23.5 Å². The molecule has 0 saturated carbocycles. The fourth-order valence-electron chi connectivity index (χ4n) is 3.22. The molecule has 174 valence electrons. The highest BCUT2D eigenvalue weighted by molar-refractivity contribution is 5.70. The van der Waals surface area contributed by atoms with Crippen molar-refractivity contribution in [2.75, 3.05) is 31.3 Å². The van der Waals surface area contributed by atoms with Gasteiger partial charge < -0.3 is 25.7 Å². The quantitative estimate of drug-likeness (QED) is 0.179.